The van der Waals surface area contributed by atoms with Gasteiger partial charge in [-0.1, -0.05) is 12.1 Å². The number of nitrogens with zero attached hydrogens (tertiary/aromatic N) is 3. The van der Waals surface area contributed by atoms with Crippen LogP contribution in [0, 0.1) is 0 Å². The van der Waals surface area contributed by atoms with Crippen molar-refractivity contribution in [2.24, 2.45) is 0 Å². The smallest absolute Gasteiger partial charge is 0.373 e. The second-order valence-corrected chi connectivity index (χ2v) is 7.32. The summed E-state index contributed by atoms with van der Waals surface area (Å²) in [6.07, 6.45) is -7.90. The molecule has 1 aliphatic rings. The fourth-order valence-electron chi connectivity index (χ4n) is 3.53. The average Bonchev–Trinajstić information content (AvgIpc) is 3.15. The van der Waals surface area contributed by atoms with Gasteiger partial charge >= 0.3 is 12.4 Å². The zero-order chi connectivity index (χ0) is 22.3. The summed E-state index contributed by atoms with van der Waals surface area (Å²) in [5.74, 6) is -1.75. The lowest BCUT2D eigenvalue weighted by atomic mass is 9.92. The van der Waals surface area contributed by atoms with Crippen LogP contribution in [0.1, 0.15) is 36.9 Å². The summed E-state index contributed by atoms with van der Waals surface area (Å²) in [7, 11) is 0. The molecule has 0 spiro atoms. The molecule has 1 saturated heterocycles. The van der Waals surface area contributed by atoms with E-state index < -0.39 is 29.4 Å². The van der Waals surface area contributed by atoms with Crippen molar-refractivity contribution in [1.29, 1.82) is 0 Å². The Morgan fingerprint density at radius 1 is 1.07 bits per heavy atom. The van der Waals surface area contributed by atoms with E-state index in [9.17, 15) is 36.2 Å². The zero-order valence-corrected chi connectivity index (χ0v) is 15.8. The molecule has 0 aliphatic carbocycles. The number of para-hydroxylation sites is 1. The van der Waals surface area contributed by atoms with Gasteiger partial charge in [-0.05, 0) is 38.0 Å². The van der Waals surface area contributed by atoms with Crippen LogP contribution in [0.2, 0.25) is 0 Å². The first-order valence-corrected chi connectivity index (χ1v) is 9.13. The first-order chi connectivity index (χ1) is 13.8. The van der Waals surface area contributed by atoms with Crippen LogP contribution < -0.4 is 0 Å². The van der Waals surface area contributed by atoms with Crippen molar-refractivity contribution in [2.45, 2.75) is 43.6 Å². The molecule has 1 atom stereocenters. The van der Waals surface area contributed by atoms with Gasteiger partial charge in [-0.25, -0.2) is 4.68 Å². The number of hydrogen-bond donors (Lipinski definition) is 1. The summed E-state index contributed by atoms with van der Waals surface area (Å²) < 4.78 is 80.0. The van der Waals surface area contributed by atoms with Crippen LogP contribution in [0.4, 0.5) is 26.3 Å². The molecule has 1 aromatic heterocycles. The molecule has 11 heteroatoms. The number of amides is 1. The van der Waals surface area contributed by atoms with Crippen LogP contribution in [0.25, 0.3) is 5.69 Å². The molecule has 5 nitrogen and oxygen atoms in total. The molecule has 164 valence electrons. The molecule has 30 heavy (non-hydrogen) atoms. The van der Waals surface area contributed by atoms with Crippen LogP contribution in [0.15, 0.2) is 36.5 Å². The maximum atomic E-state index is 13.4. The van der Waals surface area contributed by atoms with E-state index in [0.29, 0.717) is 12.6 Å². The number of benzene rings is 1. The van der Waals surface area contributed by atoms with Crippen molar-refractivity contribution in [2.75, 3.05) is 13.1 Å². The number of hydrogen-bond acceptors (Lipinski definition) is 3. The third-order valence-electron chi connectivity index (χ3n) is 5.28. The van der Waals surface area contributed by atoms with E-state index in [0.717, 1.165) is 11.0 Å². The Morgan fingerprint density at radius 3 is 2.23 bits per heavy atom. The third kappa shape index (κ3) is 4.03. The predicted octanol–water partition coefficient (Wildman–Crippen LogP) is 3.91. The number of halogens is 6. The standard InChI is InChI=1S/C19H19F6N3O2/c1-17(30,19(23,24)25)16(29)27-10-7-12(8-11-27)14-6-9-26-28(14)15-5-3-2-4-13(15)18(20,21)22/h2-6,9,12,30H,7-8,10-11H2,1H3. The highest BCUT2D eigenvalue weighted by Crippen LogP contribution is 2.37. The Hall–Kier alpha value is -2.56. The number of carbonyl (C=O) groups is 1. The third-order valence-corrected chi connectivity index (χ3v) is 5.28. The maximum absolute atomic E-state index is 13.4. The molecule has 0 saturated carbocycles. The highest BCUT2D eigenvalue weighted by atomic mass is 19.4. The minimum atomic E-state index is -5.11. The van der Waals surface area contributed by atoms with E-state index in [1.54, 1.807) is 6.07 Å². The normalized spacial score (nSPS) is 18.3. The van der Waals surface area contributed by atoms with Crippen LogP contribution in [0.5, 0.6) is 0 Å². The van der Waals surface area contributed by atoms with E-state index in [-0.39, 0.29) is 37.5 Å². The predicted molar refractivity (Wildman–Crippen MR) is 93.8 cm³/mol. The van der Waals surface area contributed by atoms with Gasteiger partial charge in [0.1, 0.15) is 0 Å². The van der Waals surface area contributed by atoms with Gasteiger partial charge in [0.25, 0.3) is 5.91 Å². The van der Waals surface area contributed by atoms with E-state index in [1.165, 1.54) is 29.1 Å². The highest BCUT2D eigenvalue weighted by molar-refractivity contribution is 5.85. The Balaban J connectivity index is 1.80. The molecular formula is C19H19F6N3O2. The second kappa shape index (κ2) is 7.60. The lowest BCUT2D eigenvalue weighted by molar-refractivity contribution is -0.250. The van der Waals surface area contributed by atoms with Gasteiger partial charge in [-0.3, -0.25) is 4.79 Å². The molecule has 3 rings (SSSR count). The van der Waals surface area contributed by atoms with E-state index in [2.05, 4.69) is 5.10 Å². The molecule has 2 aromatic rings. The van der Waals surface area contributed by atoms with Crippen molar-refractivity contribution in [1.82, 2.24) is 14.7 Å². The quantitative estimate of drug-likeness (QED) is 0.744. The molecule has 1 unspecified atom stereocenters. The largest absolute Gasteiger partial charge is 0.426 e. The minimum Gasteiger partial charge on any atom is -0.373 e. The Morgan fingerprint density at radius 2 is 1.67 bits per heavy atom. The number of rotatable bonds is 3. The van der Waals surface area contributed by atoms with Crippen LogP contribution in [-0.2, 0) is 11.0 Å². The van der Waals surface area contributed by atoms with Crippen molar-refractivity contribution in [3.05, 3.63) is 47.8 Å². The number of piperidine rings is 1. The van der Waals surface area contributed by atoms with Crippen LogP contribution in [0.3, 0.4) is 0 Å². The lowest BCUT2D eigenvalue weighted by Gasteiger charge is -2.37. The Bertz CT molecular complexity index is 911. The topological polar surface area (TPSA) is 58.4 Å². The number of aliphatic hydroxyl groups is 1. The first-order valence-electron chi connectivity index (χ1n) is 9.13. The molecule has 1 fully saturated rings. The van der Waals surface area contributed by atoms with Gasteiger partial charge in [0.05, 0.1) is 11.3 Å². The molecule has 2 heterocycles. The molecule has 0 radical (unpaired) electrons. The number of likely N-dealkylation sites (tertiary alicyclic amines) is 1. The summed E-state index contributed by atoms with van der Waals surface area (Å²) >= 11 is 0. The Labute approximate surface area is 167 Å². The van der Waals surface area contributed by atoms with Crippen molar-refractivity contribution < 1.29 is 36.2 Å². The van der Waals surface area contributed by atoms with Gasteiger partial charge in [-0.2, -0.15) is 31.4 Å². The summed E-state index contributed by atoms with van der Waals surface area (Å²) in [5, 5.41) is 13.6. The minimum absolute atomic E-state index is 0.0676. The number of carbonyl (C=O) groups excluding carboxylic acids is 1. The molecule has 0 bridgehead atoms. The van der Waals surface area contributed by atoms with Crippen molar-refractivity contribution in [3.8, 4) is 5.69 Å². The Kier molecular flexibility index (Phi) is 5.61. The fraction of sp³-hybridized carbons (Fsp3) is 0.474. The SMILES string of the molecule is CC(O)(C(=O)N1CCC(c2ccnn2-c2ccccc2C(F)(F)F)CC1)C(F)(F)F. The molecule has 1 aromatic carbocycles. The summed E-state index contributed by atoms with van der Waals surface area (Å²) in [6, 6.07) is 6.52. The number of aromatic nitrogens is 2. The maximum Gasteiger partial charge on any atom is 0.426 e. The van der Waals surface area contributed by atoms with Gasteiger partial charge in [0.15, 0.2) is 0 Å². The zero-order valence-electron chi connectivity index (χ0n) is 15.8. The van der Waals surface area contributed by atoms with E-state index in [1.807, 2.05) is 0 Å². The lowest BCUT2D eigenvalue weighted by Crippen LogP contribution is -2.57. The monoisotopic (exact) mass is 435 g/mol. The number of alkyl halides is 6. The van der Waals surface area contributed by atoms with E-state index >= 15 is 0 Å². The van der Waals surface area contributed by atoms with E-state index in [4.69, 9.17) is 0 Å². The summed E-state index contributed by atoms with van der Waals surface area (Å²) in [5.41, 5.74) is -4.03. The van der Waals surface area contributed by atoms with Crippen LogP contribution >= 0.6 is 0 Å². The molecule has 1 amide bonds. The van der Waals surface area contributed by atoms with Gasteiger partial charge in [-0.15, -0.1) is 0 Å². The van der Waals surface area contributed by atoms with Crippen LogP contribution in [-0.4, -0.2) is 50.6 Å². The summed E-state index contributed by atoms with van der Waals surface area (Å²) in [6.45, 7) is 0.272. The summed E-state index contributed by atoms with van der Waals surface area (Å²) in [4.78, 5) is 13.0. The average molecular weight is 435 g/mol. The molecule has 1 aliphatic heterocycles. The fourth-order valence-corrected chi connectivity index (χ4v) is 3.53. The molecule has 1 N–H and O–H groups in total. The molecular weight excluding hydrogens is 416 g/mol. The highest BCUT2D eigenvalue weighted by Gasteiger charge is 2.57. The van der Waals surface area contributed by atoms with Crippen molar-refractivity contribution >= 4 is 5.91 Å². The van der Waals surface area contributed by atoms with Gasteiger partial charge in [0.2, 0.25) is 5.60 Å². The second-order valence-electron chi connectivity index (χ2n) is 7.32. The van der Waals surface area contributed by atoms with Crippen molar-refractivity contribution in [3.63, 3.8) is 0 Å². The van der Waals surface area contributed by atoms with Gasteiger partial charge in [0, 0.05) is 30.9 Å². The first kappa shape index (κ1) is 22.1. The van der Waals surface area contributed by atoms with Gasteiger partial charge < -0.3 is 10.0 Å².